The highest BCUT2D eigenvalue weighted by atomic mass is 16.2. The molecular formula is C16H15N3O2. The second kappa shape index (κ2) is 5.28. The zero-order valence-corrected chi connectivity index (χ0v) is 11.6. The SMILES string of the molecule is Cc1ccccc1CNC(=O)n1[nH]c2ccccc2c1=O. The molecular weight excluding hydrogens is 266 g/mol. The molecule has 5 nitrogen and oxygen atoms in total. The third kappa shape index (κ3) is 2.45. The van der Waals surface area contributed by atoms with E-state index in [0.717, 1.165) is 15.8 Å². The maximum Gasteiger partial charge on any atom is 0.343 e. The van der Waals surface area contributed by atoms with Gasteiger partial charge in [-0.15, -0.1) is 0 Å². The summed E-state index contributed by atoms with van der Waals surface area (Å²) < 4.78 is 1.00. The number of amides is 1. The minimum atomic E-state index is -0.459. The first-order valence-electron chi connectivity index (χ1n) is 6.69. The van der Waals surface area contributed by atoms with E-state index in [0.29, 0.717) is 17.4 Å². The molecule has 0 atom stereocenters. The van der Waals surface area contributed by atoms with Crippen LogP contribution in [0.4, 0.5) is 4.79 Å². The second-order valence-electron chi connectivity index (χ2n) is 4.88. The summed E-state index contributed by atoms with van der Waals surface area (Å²) in [5.74, 6) is 0. The normalized spacial score (nSPS) is 10.7. The highest BCUT2D eigenvalue weighted by Crippen LogP contribution is 2.07. The summed E-state index contributed by atoms with van der Waals surface area (Å²) in [6, 6.07) is 14.4. The van der Waals surface area contributed by atoms with Crippen LogP contribution in [0.1, 0.15) is 11.1 Å². The van der Waals surface area contributed by atoms with Gasteiger partial charge < -0.3 is 5.32 Å². The number of aryl methyl sites for hydroxylation is 1. The van der Waals surface area contributed by atoms with Crippen molar-refractivity contribution in [2.45, 2.75) is 13.5 Å². The molecule has 1 heterocycles. The molecule has 0 aliphatic carbocycles. The van der Waals surface area contributed by atoms with Crippen LogP contribution >= 0.6 is 0 Å². The number of para-hydroxylation sites is 1. The van der Waals surface area contributed by atoms with Gasteiger partial charge in [0.05, 0.1) is 10.9 Å². The van der Waals surface area contributed by atoms with Crippen LogP contribution in [-0.4, -0.2) is 15.8 Å². The van der Waals surface area contributed by atoms with Crippen LogP contribution in [0.2, 0.25) is 0 Å². The number of fused-ring (bicyclic) bond motifs is 1. The zero-order valence-electron chi connectivity index (χ0n) is 11.6. The summed E-state index contributed by atoms with van der Waals surface area (Å²) in [6.45, 7) is 2.36. The minimum Gasteiger partial charge on any atom is -0.332 e. The Morgan fingerprint density at radius 2 is 1.86 bits per heavy atom. The zero-order chi connectivity index (χ0) is 14.8. The van der Waals surface area contributed by atoms with E-state index < -0.39 is 6.03 Å². The highest BCUT2D eigenvalue weighted by Gasteiger charge is 2.12. The van der Waals surface area contributed by atoms with Gasteiger partial charge in [-0.25, -0.2) is 4.79 Å². The maximum absolute atomic E-state index is 12.1. The molecule has 0 unspecified atom stereocenters. The number of carbonyl (C=O) groups excluding carboxylic acids is 1. The van der Waals surface area contributed by atoms with Gasteiger partial charge in [0.15, 0.2) is 0 Å². The molecule has 21 heavy (non-hydrogen) atoms. The molecule has 2 aromatic carbocycles. The summed E-state index contributed by atoms with van der Waals surface area (Å²) in [4.78, 5) is 24.3. The van der Waals surface area contributed by atoms with Gasteiger partial charge in [-0.2, -0.15) is 4.68 Å². The lowest BCUT2D eigenvalue weighted by molar-refractivity contribution is 0.238. The average molecular weight is 281 g/mol. The molecule has 3 aromatic rings. The van der Waals surface area contributed by atoms with Crippen molar-refractivity contribution in [3.05, 3.63) is 70.0 Å². The van der Waals surface area contributed by atoms with E-state index in [4.69, 9.17) is 0 Å². The Morgan fingerprint density at radius 1 is 1.14 bits per heavy atom. The molecule has 5 heteroatoms. The average Bonchev–Trinajstić information content (AvgIpc) is 2.84. The molecule has 0 radical (unpaired) electrons. The number of H-pyrrole nitrogens is 1. The third-order valence-electron chi connectivity index (χ3n) is 3.49. The van der Waals surface area contributed by atoms with Crippen molar-refractivity contribution >= 4 is 16.9 Å². The summed E-state index contributed by atoms with van der Waals surface area (Å²) in [5, 5.41) is 6.06. The molecule has 0 aliphatic heterocycles. The van der Waals surface area contributed by atoms with E-state index >= 15 is 0 Å². The van der Waals surface area contributed by atoms with Crippen molar-refractivity contribution < 1.29 is 4.79 Å². The Morgan fingerprint density at radius 3 is 2.62 bits per heavy atom. The van der Waals surface area contributed by atoms with Crippen molar-refractivity contribution in [3.8, 4) is 0 Å². The Balaban J connectivity index is 1.83. The Kier molecular flexibility index (Phi) is 3.31. The van der Waals surface area contributed by atoms with E-state index in [2.05, 4.69) is 10.4 Å². The summed E-state index contributed by atoms with van der Waals surface area (Å²) in [6.07, 6.45) is 0. The standard InChI is InChI=1S/C16H15N3O2/c1-11-6-2-3-7-12(11)10-17-16(21)19-15(20)13-8-4-5-9-14(13)18-19/h2-9,18H,10H2,1H3,(H,17,21). The van der Waals surface area contributed by atoms with Crippen LogP contribution < -0.4 is 10.9 Å². The van der Waals surface area contributed by atoms with E-state index in [9.17, 15) is 9.59 Å². The molecule has 2 N–H and O–H groups in total. The molecule has 0 saturated carbocycles. The van der Waals surface area contributed by atoms with E-state index in [1.165, 1.54) is 0 Å². The first kappa shape index (κ1) is 13.2. The Bertz CT molecular complexity index is 861. The lowest BCUT2D eigenvalue weighted by Crippen LogP contribution is -2.35. The van der Waals surface area contributed by atoms with E-state index in [-0.39, 0.29) is 5.56 Å². The van der Waals surface area contributed by atoms with Crippen LogP contribution in [0.5, 0.6) is 0 Å². The van der Waals surface area contributed by atoms with E-state index in [1.54, 1.807) is 18.2 Å². The molecule has 0 spiro atoms. The van der Waals surface area contributed by atoms with Crippen LogP contribution in [0, 0.1) is 6.92 Å². The number of hydrogen-bond acceptors (Lipinski definition) is 2. The number of nitrogens with one attached hydrogen (secondary N) is 2. The van der Waals surface area contributed by atoms with Crippen molar-refractivity contribution in [2.24, 2.45) is 0 Å². The predicted octanol–water partition coefficient (Wildman–Crippen LogP) is 2.40. The summed E-state index contributed by atoms with van der Waals surface area (Å²) in [7, 11) is 0. The van der Waals surface area contributed by atoms with Crippen molar-refractivity contribution in [1.82, 2.24) is 15.1 Å². The van der Waals surface area contributed by atoms with Gasteiger partial charge in [0.25, 0.3) is 5.56 Å². The van der Waals surface area contributed by atoms with Gasteiger partial charge in [0.2, 0.25) is 0 Å². The molecule has 1 amide bonds. The van der Waals surface area contributed by atoms with Crippen LogP contribution in [0.3, 0.4) is 0 Å². The fourth-order valence-corrected chi connectivity index (χ4v) is 2.26. The molecule has 0 aliphatic rings. The molecule has 0 fully saturated rings. The fraction of sp³-hybridized carbons (Fsp3) is 0.125. The van der Waals surface area contributed by atoms with Gasteiger partial charge in [-0.05, 0) is 30.2 Å². The van der Waals surface area contributed by atoms with Gasteiger partial charge in [0, 0.05) is 6.54 Å². The molecule has 1 aromatic heterocycles. The predicted molar refractivity (Wildman–Crippen MR) is 81.4 cm³/mol. The number of aromatic nitrogens is 2. The van der Waals surface area contributed by atoms with Crippen LogP contribution in [-0.2, 0) is 6.54 Å². The molecule has 0 saturated heterocycles. The van der Waals surface area contributed by atoms with Crippen LogP contribution in [0.25, 0.3) is 10.9 Å². The quantitative estimate of drug-likeness (QED) is 0.757. The number of nitrogens with zero attached hydrogens (tertiary/aromatic N) is 1. The maximum atomic E-state index is 12.1. The van der Waals surface area contributed by atoms with Gasteiger partial charge >= 0.3 is 6.03 Å². The number of rotatable bonds is 2. The number of aromatic amines is 1. The van der Waals surface area contributed by atoms with Crippen LogP contribution in [0.15, 0.2) is 53.3 Å². The largest absolute Gasteiger partial charge is 0.343 e. The van der Waals surface area contributed by atoms with E-state index in [1.807, 2.05) is 37.3 Å². The fourth-order valence-electron chi connectivity index (χ4n) is 2.26. The molecule has 3 rings (SSSR count). The lowest BCUT2D eigenvalue weighted by atomic mass is 10.1. The highest BCUT2D eigenvalue weighted by molar-refractivity contribution is 5.84. The number of benzene rings is 2. The first-order valence-corrected chi connectivity index (χ1v) is 6.69. The second-order valence-corrected chi connectivity index (χ2v) is 4.88. The van der Waals surface area contributed by atoms with Gasteiger partial charge in [-0.3, -0.25) is 9.89 Å². The third-order valence-corrected chi connectivity index (χ3v) is 3.49. The monoisotopic (exact) mass is 281 g/mol. The number of carbonyl (C=O) groups is 1. The first-order chi connectivity index (χ1) is 10.2. The van der Waals surface area contributed by atoms with Gasteiger partial charge in [-0.1, -0.05) is 36.4 Å². The Hall–Kier alpha value is -2.82. The molecule has 0 bridgehead atoms. The topological polar surface area (TPSA) is 66.9 Å². The van der Waals surface area contributed by atoms with Crippen molar-refractivity contribution in [1.29, 1.82) is 0 Å². The van der Waals surface area contributed by atoms with Crippen molar-refractivity contribution in [2.75, 3.05) is 0 Å². The minimum absolute atomic E-state index is 0.340. The lowest BCUT2D eigenvalue weighted by Gasteiger charge is -2.07. The van der Waals surface area contributed by atoms with Gasteiger partial charge in [0.1, 0.15) is 0 Å². The summed E-state index contributed by atoms with van der Waals surface area (Å²) in [5.41, 5.74) is 2.43. The number of hydrogen-bond donors (Lipinski definition) is 2. The summed E-state index contributed by atoms with van der Waals surface area (Å²) >= 11 is 0. The smallest absolute Gasteiger partial charge is 0.332 e. The molecule has 106 valence electrons. The Labute approximate surface area is 121 Å². The van der Waals surface area contributed by atoms with Crippen molar-refractivity contribution in [3.63, 3.8) is 0 Å².